The van der Waals surface area contributed by atoms with Crippen LogP contribution in [0.4, 0.5) is 0 Å². The standard InChI is InChI=1S/C21H19N4.ClHO4/c1-16-13-22-21-24(23-14-18-9-5-3-6-10-18)15-20(25(21)17(16)2)19-11-7-4-8-12-19;2-1(3,4)5/h3-15H,1-2H3;(H,2,3,4,5)/q+1;/p-1. The van der Waals surface area contributed by atoms with E-state index in [9.17, 15) is 0 Å². The molecule has 4 aromatic rings. The lowest BCUT2D eigenvalue weighted by Crippen LogP contribution is -2.68. The fourth-order valence-corrected chi connectivity index (χ4v) is 2.88. The zero-order valence-corrected chi connectivity index (χ0v) is 17.1. The molecule has 0 atom stereocenters. The Kier molecular flexibility index (Phi) is 6.56. The molecule has 0 N–H and O–H groups in total. The number of hydrogen-bond donors (Lipinski definition) is 0. The van der Waals surface area contributed by atoms with Crippen molar-refractivity contribution in [2.75, 3.05) is 0 Å². The SMILES string of the molecule is Cc1cnc2n(N=Cc3ccccc3)cc(-c3ccccc3)[n+]2c1C.[O-][Cl+3]([O-])([O-])[O-]. The third-order valence-electron chi connectivity index (χ3n) is 4.37. The Morgan fingerprint density at radius 2 is 1.50 bits per heavy atom. The maximum absolute atomic E-state index is 8.49. The fraction of sp³-hybridized carbons (Fsp3) is 0.0952. The number of hydrogen-bond acceptors (Lipinski definition) is 6. The molecule has 4 rings (SSSR count). The predicted octanol–water partition coefficient (Wildman–Crippen LogP) is -0.968. The summed E-state index contributed by atoms with van der Waals surface area (Å²) in [4.78, 5) is 4.61. The van der Waals surface area contributed by atoms with Crippen LogP contribution in [0.5, 0.6) is 0 Å². The Labute approximate surface area is 175 Å². The van der Waals surface area contributed by atoms with Crippen molar-refractivity contribution < 1.29 is 33.3 Å². The molecule has 0 aliphatic rings. The fourth-order valence-electron chi connectivity index (χ4n) is 2.88. The van der Waals surface area contributed by atoms with E-state index in [1.807, 2.05) is 71.8 Å². The number of fused-ring (bicyclic) bond motifs is 1. The van der Waals surface area contributed by atoms with Crippen molar-refractivity contribution in [2.24, 2.45) is 5.10 Å². The van der Waals surface area contributed by atoms with Crippen molar-refractivity contribution in [1.29, 1.82) is 0 Å². The summed E-state index contributed by atoms with van der Waals surface area (Å²) in [5.74, 6) is 0.800. The first-order valence-electron chi connectivity index (χ1n) is 8.90. The largest absolute Gasteiger partial charge is 0.428 e. The van der Waals surface area contributed by atoms with Gasteiger partial charge < -0.3 is 0 Å². The van der Waals surface area contributed by atoms with E-state index in [-0.39, 0.29) is 0 Å². The summed E-state index contributed by atoms with van der Waals surface area (Å²) >= 11 is 0. The first-order chi connectivity index (χ1) is 14.2. The van der Waals surface area contributed by atoms with E-state index in [0.29, 0.717) is 0 Å². The molecule has 2 heterocycles. The van der Waals surface area contributed by atoms with Crippen LogP contribution in [0.15, 0.2) is 78.2 Å². The topological polar surface area (TPSA) is 127 Å². The molecule has 0 saturated carbocycles. The van der Waals surface area contributed by atoms with Crippen molar-refractivity contribution in [2.45, 2.75) is 13.8 Å². The Bertz CT molecular complexity index is 1150. The molecule has 0 radical (unpaired) electrons. The highest BCUT2D eigenvalue weighted by atomic mass is 35.7. The minimum Gasteiger partial charge on any atom is -0.222 e. The van der Waals surface area contributed by atoms with Crippen molar-refractivity contribution >= 4 is 12.0 Å². The lowest BCUT2D eigenvalue weighted by Gasteiger charge is -2.17. The maximum Gasteiger partial charge on any atom is 0.428 e. The lowest BCUT2D eigenvalue weighted by atomic mass is 10.1. The predicted molar refractivity (Wildman–Crippen MR) is 99.7 cm³/mol. The molecule has 0 aliphatic heterocycles. The van der Waals surface area contributed by atoms with E-state index in [1.165, 1.54) is 0 Å². The number of rotatable bonds is 3. The van der Waals surface area contributed by atoms with Gasteiger partial charge in [-0.25, -0.2) is 18.6 Å². The molecule has 0 aliphatic carbocycles. The molecule has 8 nitrogen and oxygen atoms in total. The van der Waals surface area contributed by atoms with Gasteiger partial charge in [-0.15, -0.1) is 20.0 Å². The quantitative estimate of drug-likeness (QED) is 0.308. The number of nitrogens with zero attached hydrogens (tertiary/aromatic N) is 4. The first-order valence-corrected chi connectivity index (χ1v) is 10.1. The van der Waals surface area contributed by atoms with E-state index < -0.39 is 10.2 Å². The van der Waals surface area contributed by atoms with Gasteiger partial charge in [-0.2, -0.15) is 4.40 Å². The van der Waals surface area contributed by atoms with Crippen LogP contribution in [0.25, 0.3) is 17.0 Å². The zero-order chi connectivity index (χ0) is 21.7. The molecule has 30 heavy (non-hydrogen) atoms. The lowest BCUT2D eigenvalue weighted by molar-refractivity contribution is -2.00. The number of aryl methyl sites for hydroxylation is 2. The summed E-state index contributed by atoms with van der Waals surface area (Å²) in [5, 5.41) is 4.63. The van der Waals surface area contributed by atoms with Crippen LogP contribution in [0.1, 0.15) is 16.8 Å². The average molecular weight is 427 g/mol. The summed E-state index contributed by atoms with van der Waals surface area (Å²) in [6.07, 6.45) is 5.78. The van der Waals surface area contributed by atoms with Gasteiger partial charge in [0.05, 0.1) is 11.9 Å². The highest BCUT2D eigenvalue weighted by Gasteiger charge is 2.21. The second-order valence-electron chi connectivity index (χ2n) is 6.42. The molecule has 2 aromatic heterocycles. The second-order valence-corrected chi connectivity index (χ2v) is 7.18. The number of imidazole rings is 1. The molecule has 0 unspecified atom stereocenters. The van der Waals surface area contributed by atoms with Crippen molar-refractivity contribution in [3.8, 4) is 11.3 Å². The van der Waals surface area contributed by atoms with E-state index in [2.05, 4.69) is 40.5 Å². The van der Waals surface area contributed by atoms with E-state index in [4.69, 9.17) is 18.6 Å². The van der Waals surface area contributed by atoms with Gasteiger partial charge in [0, 0.05) is 11.1 Å². The second kappa shape index (κ2) is 9.12. The molecular formula is C21H19ClN4O4. The summed E-state index contributed by atoms with van der Waals surface area (Å²) in [6, 6.07) is 20.4. The molecule has 9 heteroatoms. The maximum atomic E-state index is 8.49. The Balaban J connectivity index is 0.000000461. The number of benzene rings is 2. The zero-order valence-electron chi connectivity index (χ0n) is 16.3. The van der Waals surface area contributed by atoms with Gasteiger partial charge in [-0.05, 0) is 19.4 Å². The molecule has 154 valence electrons. The minimum atomic E-state index is -4.94. The van der Waals surface area contributed by atoms with Crippen LogP contribution in [0.2, 0.25) is 0 Å². The Morgan fingerprint density at radius 1 is 0.933 bits per heavy atom. The van der Waals surface area contributed by atoms with Crippen molar-refractivity contribution in [1.82, 2.24) is 9.66 Å². The summed E-state index contributed by atoms with van der Waals surface area (Å²) in [5.41, 5.74) is 5.59. The number of aromatic nitrogens is 3. The van der Waals surface area contributed by atoms with Crippen LogP contribution in [-0.2, 0) is 0 Å². The summed E-state index contributed by atoms with van der Waals surface area (Å²) in [7, 11) is -4.94. The highest BCUT2D eigenvalue weighted by molar-refractivity contribution is 5.79. The normalized spacial score (nSPS) is 11.5. The molecular weight excluding hydrogens is 408 g/mol. The number of halogens is 1. The molecule has 0 saturated heterocycles. The van der Waals surface area contributed by atoms with E-state index >= 15 is 0 Å². The molecule has 0 fully saturated rings. The first kappa shape index (κ1) is 21.6. The van der Waals surface area contributed by atoms with Crippen molar-refractivity contribution in [3.05, 3.63) is 89.9 Å². The van der Waals surface area contributed by atoms with Gasteiger partial charge in [0.25, 0.3) is 0 Å². The molecule has 0 amide bonds. The Hall–Kier alpha value is -3.14. The molecule has 0 spiro atoms. The van der Waals surface area contributed by atoms with E-state index in [0.717, 1.165) is 33.9 Å². The summed E-state index contributed by atoms with van der Waals surface area (Å²) < 4.78 is 38.0. The summed E-state index contributed by atoms with van der Waals surface area (Å²) in [6.45, 7) is 4.19. The van der Waals surface area contributed by atoms with Gasteiger partial charge in [0.2, 0.25) is 0 Å². The highest BCUT2D eigenvalue weighted by Crippen LogP contribution is 2.18. The Morgan fingerprint density at radius 3 is 2.10 bits per heavy atom. The average Bonchev–Trinajstić information content (AvgIpc) is 3.09. The van der Waals surface area contributed by atoms with Gasteiger partial charge in [-0.3, -0.25) is 0 Å². The van der Waals surface area contributed by atoms with Crippen LogP contribution in [0, 0.1) is 24.1 Å². The third kappa shape index (κ3) is 5.47. The van der Waals surface area contributed by atoms with Crippen LogP contribution < -0.4 is 23.0 Å². The van der Waals surface area contributed by atoms with E-state index in [1.54, 1.807) is 0 Å². The van der Waals surface area contributed by atoms with Crippen LogP contribution in [-0.4, -0.2) is 15.9 Å². The van der Waals surface area contributed by atoms with Crippen LogP contribution >= 0.6 is 0 Å². The van der Waals surface area contributed by atoms with Gasteiger partial charge in [-0.1, -0.05) is 65.6 Å². The molecule has 0 bridgehead atoms. The van der Waals surface area contributed by atoms with Gasteiger partial charge in [0.1, 0.15) is 18.1 Å². The third-order valence-corrected chi connectivity index (χ3v) is 4.37. The van der Waals surface area contributed by atoms with Crippen molar-refractivity contribution in [3.63, 3.8) is 0 Å². The van der Waals surface area contributed by atoms with Gasteiger partial charge in [0.15, 0.2) is 0 Å². The molecule has 2 aromatic carbocycles. The van der Waals surface area contributed by atoms with Gasteiger partial charge >= 0.3 is 5.78 Å². The monoisotopic (exact) mass is 426 g/mol. The minimum absolute atomic E-state index is 0.800. The smallest absolute Gasteiger partial charge is 0.222 e. The van der Waals surface area contributed by atoms with Crippen LogP contribution in [0.3, 0.4) is 0 Å².